The molecule has 0 unspecified atom stereocenters. The molecule has 1 aliphatic heterocycles. The Morgan fingerprint density at radius 3 is 2.44 bits per heavy atom. The lowest BCUT2D eigenvalue weighted by atomic mass is 10.1. The Kier molecular flexibility index (Phi) is 6.86. The van der Waals surface area contributed by atoms with Gasteiger partial charge in [-0.25, -0.2) is 8.42 Å². The molecule has 1 fully saturated rings. The Labute approximate surface area is 166 Å². The first kappa shape index (κ1) is 21.2. The summed E-state index contributed by atoms with van der Waals surface area (Å²) in [5.41, 5.74) is 2.66. The van der Waals surface area contributed by atoms with E-state index in [2.05, 4.69) is 10.0 Å². The maximum Gasteiger partial charge on any atom is 0.261 e. The monoisotopic (exact) mass is 409 g/mol. The van der Waals surface area contributed by atoms with Crippen LogP contribution in [0.1, 0.15) is 21.5 Å². The molecule has 1 saturated heterocycles. The van der Waals surface area contributed by atoms with E-state index in [0.717, 1.165) is 24.2 Å². The summed E-state index contributed by atoms with van der Waals surface area (Å²) in [6.45, 7) is 6.46. The maximum atomic E-state index is 12.8. The number of benzene rings is 2. The van der Waals surface area contributed by atoms with Gasteiger partial charge in [-0.1, -0.05) is 18.2 Å². The van der Waals surface area contributed by atoms with Crippen LogP contribution in [0.3, 0.4) is 0 Å². The zero-order valence-corrected chi connectivity index (χ0v) is 17.0. The fraction of sp³-hybridized carbons (Fsp3) is 0.316. The predicted molar refractivity (Wildman–Crippen MR) is 109 cm³/mol. The molecule has 6 nitrogen and oxygen atoms in total. The van der Waals surface area contributed by atoms with Crippen LogP contribution in [0.15, 0.2) is 47.4 Å². The quantitative estimate of drug-likeness (QED) is 0.813. The molecule has 1 amide bonds. The average molecular weight is 410 g/mol. The van der Waals surface area contributed by atoms with E-state index < -0.39 is 10.0 Å². The van der Waals surface area contributed by atoms with Crippen molar-refractivity contribution in [2.75, 3.05) is 30.9 Å². The number of aryl methyl sites for hydroxylation is 2. The third-order valence-corrected chi connectivity index (χ3v) is 5.80. The van der Waals surface area contributed by atoms with E-state index in [9.17, 15) is 13.2 Å². The molecule has 2 aromatic carbocycles. The molecule has 8 heteroatoms. The van der Waals surface area contributed by atoms with Crippen molar-refractivity contribution >= 4 is 34.0 Å². The number of rotatable bonds is 4. The molecule has 0 bridgehead atoms. The minimum atomic E-state index is -3.77. The van der Waals surface area contributed by atoms with Gasteiger partial charge in [0.2, 0.25) is 0 Å². The van der Waals surface area contributed by atoms with Gasteiger partial charge < -0.3 is 10.2 Å². The molecular formula is C19H24ClN3O3S. The van der Waals surface area contributed by atoms with Crippen molar-refractivity contribution in [1.82, 2.24) is 10.2 Å². The molecule has 0 saturated carbocycles. The number of sulfonamides is 1. The fourth-order valence-corrected chi connectivity index (χ4v) is 4.03. The molecule has 2 N–H and O–H groups in total. The molecule has 0 atom stereocenters. The second-order valence-corrected chi connectivity index (χ2v) is 8.18. The van der Waals surface area contributed by atoms with Gasteiger partial charge in [0.1, 0.15) is 0 Å². The van der Waals surface area contributed by atoms with E-state index in [0.29, 0.717) is 24.3 Å². The van der Waals surface area contributed by atoms with Crippen LogP contribution < -0.4 is 10.0 Å². The normalized spacial score (nSPS) is 14.4. The molecule has 0 spiro atoms. The van der Waals surface area contributed by atoms with Gasteiger partial charge in [0, 0.05) is 37.4 Å². The number of amides is 1. The Morgan fingerprint density at radius 1 is 1.07 bits per heavy atom. The summed E-state index contributed by atoms with van der Waals surface area (Å²) in [6.07, 6.45) is 0. The van der Waals surface area contributed by atoms with E-state index in [1.165, 1.54) is 12.1 Å². The Hall–Kier alpha value is -2.09. The largest absolute Gasteiger partial charge is 0.336 e. The molecule has 146 valence electrons. The number of carbonyl (C=O) groups is 1. The highest BCUT2D eigenvalue weighted by Gasteiger charge is 2.22. The minimum Gasteiger partial charge on any atom is -0.336 e. The van der Waals surface area contributed by atoms with Gasteiger partial charge in [0.25, 0.3) is 15.9 Å². The van der Waals surface area contributed by atoms with Crippen LogP contribution in [0, 0.1) is 13.8 Å². The summed E-state index contributed by atoms with van der Waals surface area (Å²) in [5, 5.41) is 3.20. The van der Waals surface area contributed by atoms with Crippen LogP contribution in [0.5, 0.6) is 0 Å². The molecule has 0 radical (unpaired) electrons. The smallest absolute Gasteiger partial charge is 0.261 e. The lowest BCUT2D eigenvalue weighted by Gasteiger charge is -2.28. The number of nitrogens with zero attached hydrogens (tertiary/aromatic N) is 1. The van der Waals surface area contributed by atoms with Gasteiger partial charge in [-0.15, -0.1) is 12.4 Å². The first-order valence-corrected chi connectivity index (χ1v) is 10.1. The fourth-order valence-electron chi connectivity index (χ4n) is 2.96. The number of halogens is 1. The van der Waals surface area contributed by atoms with Crippen molar-refractivity contribution in [3.05, 3.63) is 59.2 Å². The standard InChI is InChI=1S/C19H23N3O3S.ClH/c1-14-4-3-5-16(12-14)21-26(24,25)17-7-6-15(2)18(13-17)19(23)22-10-8-20-9-11-22;/h3-7,12-13,20-21H,8-11H2,1-2H3;1H. The van der Waals surface area contributed by atoms with Crippen LogP contribution in [0.2, 0.25) is 0 Å². The minimum absolute atomic E-state index is 0. The number of anilines is 1. The number of piperazine rings is 1. The summed E-state index contributed by atoms with van der Waals surface area (Å²) >= 11 is 0. The Balaban J connectivity index is 0.00000261. The zero-order valence-electron chi connectivity index (χ0n) is 15.4. The van der Waals surface area contributed by atoms with Crippen molar-refractivity contribution in [2.45, 2.75) is 18.7 Å². The van der Waals surface area contributed by atoms with Gasteiger partial charge in [-0.3, -0.25) is 9.52 Å². The molecule has 0 aromatic heterocycles. The second kappa shape index (κ2) is 8.73. The highest BCUT2D eigenvalue weighted by atomic mass is 35.5. The SMILES string of the molecule is Cc1cccc(NS(=O)(=O)c2ccc(C)c(C(=O)N3CCNCC3)c2)c1.Cl. The van der Waals surface area contributed by atoms with E-state index in [4.69, 9.17) is 0 Å². The summed E-state index contributed by atoms with van der Waals surface area (Å²) in [7, 11) is -3.77. The topological polar surface area (TPSA) is 78.5 Å². The van der Waals surface area contributed by atoms with Gasteiger partial charge in [-0.2, -0.15) is 0 Å². The first-order valence-electron chi connectivity index (χ1n) is 8.57. The molecule has 27 heavy (non-hydrogen) atoms. The van der Waals surface area contributed by atoms with E-state index in [-0.39, 0.29) is 23.2 Å². The number of nitrogens with one attached hydrogen (secondary N) is 2. The average Bonchev–Trinajstić information content (AvgIpc) is 2.62. The lowest BCUT2D eigenvalue weighted by Crippen LogP contribution is -2.46. The molecule has 1 aliphatic rings. The van der Waals surface area contributed by atoms with Crippen LogP contribution in [-0.4, -0.2) is 45.4 Å². The van der Waals surface area contributed by atoms with Crippen LogP contribution >= 0.6 is 12.4 Å². The van der Waals surface area contributed by atoms with Gasteiger partial charge in [0.05, 0.1) is 4.90 Å². The van der Waals surface area contributed by atoms with E-state index in [1.807, 2.05) is 19.9 Å². The van der Waals surface area contributed by atoms with E-state index in [1.54, 1.807) is 29.2 Å². The maximum absolute atomic E-state index is 12.8. The predicted octanol–water partition coefficient (Wildman–Crippen LogP) is 2.57. The first-order chi connectivity index (χ1) is 12.4. The summed E-state index contributed by atoms with van der Waals surface area (Å²) in [5.74, 6) is -0.128. The highest BCUT2D eigenvalue weighted by Crippen LogP contribution is 2.21. The van der Waals surface area contributed by atoms with Crippen molar-refractivity contribution in [2.24, 2.45) is 0 Å². The van der Waals surface area contributed by atoms with Crippen molar-refractivity contribution < 1.29 is 13.2 Å². The third kappa shape index (κ3) is 5.00. The van der Waals surface area contributed by atoms with Crippen LogP contribution in [-0.2, 0) is 10.0 Å². The second-order valence-electron chi connectivity index (χ2n) is 6.49. The van der Waals surface area contributed by atoms with Crippen LogP contribution in [0.25, 0.3) is 0 Å². The third-order valence-electron chi connectivity index (χ3n) is 4.42. The molecule has 2 aromatic rings. The van der Waals surface area contributed by atoms with Gasteiger partial charge in [-0.05, 0) is 49.2 Å². The van der Waals surface area contributed by atoms with Gasteiger partial charge >= 0.3 is 0 Å². The van der Waals surface area contributed by atoms with Crippen molar-refractivity contribution in [3.8, 4) is 0 Å². The number of carbonyl (C=O) groups excluding carboxylic acids is 1. The van der Waals surface area contributed by atoms with Crippen molar-refractivity contribution in [3.63, 3.8) is 0 Å². The molecule has 0 aliphatic carbocycles. The summed E-state index contributed by atoms with van der Waals surface area (Å²) < 4.78 is 28.0. The highest BCUT2D eigenvalue weighted by molar-refractivity contribution is 7.92. The number of hydrogen-bond acceptors (Lipinski definition) is 4. The molecule has 3 rings (SSSR count). The molecule has 1 heterocycles. The number of hydrogen-bond donors (Lipinski definition) is 2. The zero-order chi connectivity index (χ0) is 18.7. The summed E-state index contributed by atoms with van der Waals surface area (Å²) in [6, 6.07) is 11.8. The summed E-state index contributed by atoms with van der Waals surface area (Å²) in [4.78, 5) is 14.6. The Bertz CT molecular complexity index is 926. The Morgan fingerprint density at radius 2 is 1.78 bits per heavy atom. The van der Waals surface area contributed by atoms with E-state index >= 15 is 0 Å². The molecular weight excluding hydrogens is 386 g/mol. The lowest BCUT2D eigenvalue weighted by molar-refractivity contribution is 0.0735. The van der Waals surface area contributed by atoms with Crippen LogP contribution in [0.4, 0.5) is 5.69 Å². The van der Waals surface area contributed by atoms with Crippen molar-refractivity contribution in [1.29, 1.82) is 0 Å². The van der Waals surface area contributed by atoms with Gasteiger partial charge in [0.15, 0.2) is 0 Å².